The Kier molecular flexibility index (Phi) is 48.3. The first-order valence-electron chi connectivity index (χ1n) is 26.1. The van der Waals surface area contributed by atoms with E-state index in [0.717, 1.165) is 32.1 Å². The molecule has 0 heterocycles. The first-order valence-corrected chi connectivity index (χ1v) is 26.1. The van der Waals surface area contributed by atoms with Gasteiger partial charge < -0.3 is 15.5 Å². The Morgan fingerprint density at radius 2 is 0.684 bits per heavy atom. The van der Waals surface area contributed by atoms with Crippen LogP contribution >= 0.6 is 0 Å². The molecule has 2 unspecified atom stereocenters. The lowest BCUT2D eigenvalue weighted by Gasteiger charge is -2.19. The van der Waals surface area contributed by atoms with E-state index in [1.807, 2.05) is 6.08 Å². The molecule has 2 atom stereocenters. The highest BCUT2D eigenvalue weighted by atomic mass is 16.3. The predicted molar refractivity (Wildman–Crippen MR) is 253 cm³/mol. The van der Waals surface area contributed by atoms with Crippen molar-refractivity contribution in [3.05, 3.63) is 24.3 Å². The Hall–Kier alpha value is -1.13. The summed E-state index contributed by atoms with van der Waals surface area (Å²) in [6, 6.07) is -0.635. The summed E-state index contributed by atoms with van der Waals surface area (Å²) in [5, 5.41) is 23.0. The van der Waals surface area contributed by atoms with Gasteiger partial charge in [-0.3, -0.25) is 4.79 Å². The van der Waals surface area contributed by atoms with Gasteiger partial charge in [-0.15, -0.1) is 0 Å². The topological polar surface area (TPSA) is 69.6 Å². The number of aliphatic hydroxyl groups excluding tert-OH is 2. The minimum atomic E-state index is -0.858. The number of hydrogen-bond donors (Lipinski definition) is 3. The van der Waals surface area contributed by atoms with Crippen LogP contribution in [0, 0.1) is 0 Å². The molecule has 0 saturated carbocycles. The third-order valence-electron chi connectivity index (χ3n) is 12.2. The quantitative estimate of drug-likeness (QED) is 0.0424. The third kappa shape index (κ3) is 45.8. The maximum absolute atomic E-state index is 12.4. The Bertz CT molecular complexity index is 825. The summed E-state index contributed by atoms with van der Waals surface area (Å²) in [4.78, 5) is 12.4. The molecule has 0 aliphatic carbocycles. The van der Waals surface area contributed by atoms with Crippen molar-refractivity contribution in [1.82, 2.24) is 5.32 Å². The first kappa shape index (κ1) is 55.9. The van der Waals surface area contributed by atoms with E-state index in [0.29, 0.717) is 6.42 Å². The van der Waals surface area contributed by atoms with Gasteiger partial charge in [-0.1, -0.05) is 276 Å². The predicted octanol–water partition coefficient (Wildman–Crippen LogP) is 16.8. The van der Waals surface area contributed by atoms with Crippen LogP contribution in [0.5, 0.6) is 0 Å². The normalized spacial score (nSPS) is 13.0. The number of allylic oxidation sites excluding steroid dienone is 3. The molecular formula is C53H103NO3. The number of rotatable bonds is 48. The molecule has 0 bridgehead atoms. The molecule has 1 amide bonds. The van der Waals surface area contributed by atoms with Crippen LogP contribution in [-0.2, 0) is 4.79 Å². The van der Waals surface area contributed by atoms with Gasteiger partial charge in [0, 0.05) is 6.42 Å². The Morgan fingerprint density at radius 3 is 1.02 bits per heavy atom. The van der Waals surface area contributed by atoms with E-state index < -0.39 is 12.1 Å². The monoisotopic (exact) mass is 802 g/mol. The second-order valence-electron chi connectivity index (χ2n) is 17.9. The van der Waals surface area contributed by atoms with E-state index in [9.17, 15) is 15.0 Å². The number of nitrogens with one attached hydrogen (secondary N) is 1. The van der Waals surface area contributed by atoms with E-state index in [1.165, 1.54) is 238 Å². The van der Waals surface area contributed by atoms with Gasteiger partial charge in [0.2, 0.25) is 5.91 Å². The lowest BCUT2D eigenvalue weighted by Crippen LogP contribution is -2.45. The molecule has 0 aromatic heterocycles. The molecule has 0 aromatic rings. The zero-order chi connectivity index (χ0) is 41.4. The fourth-order valence-corrected chi connectivity index (χ4v) is 8.20. The summed E-state index contributed by atoms with van der Waals surface area (Å²) in [6.07, 6.45) is 64.8. The molecule has 3 N–H and O–H groups in total. The van der Waals surface area contributed by atoms with Crippen molar-refractivity contribution in [1.29, 1.82) is 0 Å². The number of hydrogen-bond acceptors (Lipinski definition) is 3. The van der Waals surface area contributed by atoms with Crippen molar-refractivity contribution >= 4 is 5.91 Å². The third-order valence-corrected chi connectivity index (χ3v) is 12.2. The maximum Gasteiger partial charge on any atom is 0.220 e. The Balaban J connectivity index is 3.43. The van der Waals surface area contributed by atoms with Crippen LogP contribution in [0.1, 0.15) is 290 Å². The zero-order valence-corrected chi connectivity index (χ0v) is 38.9. The van der Waals surface area contributed by atoms with E-state index in [1.54, 1.807) is 6.08 Å². The molecule has 57 heavy (non-hydrogen) atoms. The second kappa shape index (κ2) is 49.2. The van der Waals surface area contributed by atoms with Gasteiger partial charge in [-0.2, -0.15) is 0 Å². The number of carbonyl (C=O) groups is 1. The summed E-state index contributed by atoms with van der Waals surface area (Å²) >= 11 is 0. The van der Waals surface area contributed by atoms with Gasteiger partial charge in [0.05, 0.1) is 18.8 Å². The van der Waals surface area contributed by atoms with Crippen LogP contribution in [0.4, 0.5) is 0 Å². The van der Waals surface area contributed by atoms with Crippen LogP contribution < -0.4 is 5.32 Å². The highest BCUT2D eigenvalue weighted by Crippen LogP contribution is 2.17. The van der Waals surface area contributed by atoms with E-state index in [2.05, 4.69) is 31.3 Å². The van der Waals surface area contributed by atoms with Gasteiger partial charge in [-0.05, 0) is 32.1 Å². The van der Waals surface area contributed by atoms with Crippen molar-refractivity contribution in [2.75, 3.05) is 6.61 Å². The fourth-order valence-electron chi connectivity index (χ4n) is 8.20. The lowest BCUT2D eigenvalue weighted by molar-refractivity contribution is -0.123. The Labute approximate surface area is 358 Å². The molecule has 0 aliphatic heterocycles. The van der Waals surface area contributed by atoms with Crippen molar-refractivity contribution in [3.8, 4) is 0 Å². The van der Waals surface area contributed by atoms with Crippen molar-refractivity contribution in [2.24, 2.45) is 0 Å². The molecular weight excluding hydrogens is 699 g/mol. The first-order chi connectivity index (χ1) is 28.2. The number of aliphatic hydroxyl groups is 2. The van der Waals surface area contributed by atoms with Crippen LogP contribution in [-0.4, -0.2) is 34.9 Å². The van der Waals surface area contributed by atoms with Crippen LogP contribution in [0.25, 0.3) is 0 Å². The summed E-state index contributed by atoms with van der Waals surface area (Å²) in [5.74, 6) is -0.0687. The molecule has 0 spiro atoms. The molecule has 0 saturated heterocycles. The van der Waals surface area contributed by atoms with Gasteiger partial charge in [0.1, 0.15) is 0 Å². The summed E-state index contributed by atoms with van der Waals surface area (Å²) < 4.78 is 0. The van der Waals surface area contributed by atoms with Crippen molar-refractivity contribution in [2.45, 2.75) is 302 Å². The van der Waals surface area contributed by atoms with Gasteiger partial charge >= 0.3 is 0 Å². The molecule has 0 aromatic carbocycles. The average molecular weight is 802 g/mol. The van der Waals surface area contributed by atoms with Crippen molar-refractivity contribution < 1.29 is 15.0 Å². The van der Waals surface area contributed by atoms with Gasteiger partial charge in [0.25, 0.3) is 0 Å². The smallest absolute Gasteiger partial charge is 0.220 e. The molecule has 0 fully saturated rings. The molecule has 338 valence electrons. The SMILES string of the molecule is CCCCCCCCCC/C=C/CC/C=C/C(O)C(CO)NC(=O)CCCCCCCCCCCCCCCCCCCCCCCCCCCCCCCCC. The van der Waals surface area contributed by atoms with Crippen LogP contribution in [0.2, 0.25) is 0 Å². The van der Waals surface area contributed by atoms with Gasteiger partial charge in [0.15, 0.2) is 0 Å². The minimum absolute atomic E-state index is 0.0687. The number of unbranched alkanes of at least 4 members (excludes halogenated alkanes) is 39. The van der Waals surface area contributed by atoms with Crippen molar-refractivity contribution in [3.63, 3.8) is 0 Å². The molecule has 4 heteroatoms. The molecule has 0 rings (SSSR count). The summed E-state index contributed by atoms with van der Waals surface area (Å²) in [6.45, 7) is 4.31. The largest absolute Gasteiger partial charge is 0.394 e. The van der Waals surface area contributed by atoms with E-state index in [4.69, 9.17) is 0 Å². The standard InChI is InChI=1S/C53H103NO3/c1-3-5-7-9-11-13-15-17-19-20-21-22-23-24-25-26-27-28-29-30-31-32-33-34-35-37-39-41-43-45-47-49-53(57)54-51(50-55)52(56)48-46-44-42-40-38-36-18-16-14-12-10-8-6-4-2/h38,40,46,48,51-52,55-56H,3-37,39,41-45,47,49-50H2,1-2H3,(H,54,57)/b40-38+,48-46+. The summed E-state index contributed by atoms with van der Waals surface area (Å²) in [5.41, 5.74) is 0. The molecule has 4 nitrogen and oxygen atoms in total. The van der Waals surface area contributed by atoms with E-state index in [-0.39, 0.29) is 12.5 Å². The zero-order valence-electron chi connectivity index (χ0n) is 38.9. The van der Waals surface area contributed by atoms with E-state index >= 15 is 0 Å². The molecule has 0 radical (unpaired) electrons. The number of carbonyl (C=O) groups excluding carboxylic acids is 1. The highest BCUT2D eigenvalue weighted by Gasteiger charge is 2.17. The minimum Gasteiger partial charge on any atom is -0.394 e. The van der Waals surface area contributed by atoms with Crippen LogP contribution in [0.15, 0.2) is 24.3 Å². The summed E-state index contributed by atoms with van der Waals surface area (Å²) in [7, 11) is 0. The average Bonchev–Trinajstić information content (AvgIpc) is 3.22. The van der Waals surface area contributed by atoms with Crippen LogP contribution in [0.3, 0.4) is 0 Å². The fraction of sp³-hybridized carbons (Fsp3) is 0.906. The molecule has 0 aliphatic rings. The highest BCUT2D eigenvalue weighted by molar-refractivity contribution is 5.76. The number of amides is 1. The lowest BCUT2D eigenvalue weighted by atomic mass is 10.0. The second-order valence-corrected chi connectivity index (χ2v) is 17.9. The maximum atomic E-state index is 12.4. The Morgan fingerprint density at radius 1 is 0.404 bits per heavy atom. The van der Waals surface area contributed by atoms with Gasteiger partial charge in [-0.25, -0.2) is 0 Å².